The van der Waals surface area contributed by atoms with Crippen molar-refractivity contribution in [3.05, 3.63) is 53.0 Å². The number of anilines is 1. The molecule has 3 heterocycles. The Morgan fingerprint density at radius 1 is 1.13 bits per heavy atom. The van der Waals surface area contributed by atoms with E-state index in [-0.39, 0.29) is 5.41 Å². The van der Waals surface area contributed by atoms with Crippen LogP contribution >= 0.6 is 0 Å². The van der Waals surface area contributed by atoms with E-state index in [9.17, 15) is 0 Å². The number of hydrogen-bond donors (Lipinski definition) is 1. The van der Waals surface area contributed by atoms with E-state index in [0.29, 0.717) is 0 Å². The number of benzene rings is 1. The van der Waals surface area contributed by atoms with Gasteiger partial charge in [-0.3, -0.25) is 0 Å². The largest absolute Gasteiger partial charge is 0.381 e. The second-order valence-electron chi connectivity index (χ2n) is 9.45. The predicted octanol–water partition coefficient (Wildman–Crippen LogP) is 4.10. The predicted molar refractivity (Wildman–Crippen MR) is 120 cm³/mol. The monoisotopic (exact) mass is 406 g/mol. The fourth-order valence-corrected chi connectivity index (χ4v) is 5.65. The summed E-state index contributed by atoms with van der Waals surface area (Å²) >= 11 is 0. The minimum atomic E-state index is 0.256. The Morgan fingerprint density at radius 2 is 1.97 bits per heavy atom. The van der Waals surface area contributed by atoms with Crippen LogP contribution in [0.25, 0.3) is 0 Å². The maximum atomic E-state index is 5.69. The van der Waals surface area contributed by atoms with Gasteiger partial charge >= 0.3 is 0 Å². The maximum absolute atomic E-state index is 5.69. The number of piperidine rings is 1. The molecule has 3 aliphatic rings. The van der Waals surface area contributed by atoms with E-state index in [1.54, 1.807) is 0 Å². The Bertz CT molecular complexity index is 855. The molecule has 0 radical (unpaired) electrons. The fraction of sp³-hybridized carbons (Fsp3) is 0.600. The first-order valence-corrected chi connectivity index (χ1v) is 11.7. The smallest absolute Gasteiger partial charge is 0.133 e. The quantitative estimate of drug-likeness (QED) is 0.810. The van der Waals surface area contributed by atoms with Gasteiger partial charge in [-0.1, -0.05) is 30.3 Å². The molecule has 30 heavy (non-hydrogen) atoms. The molecule has 0 saturated carbocycles. The highest BCUT2D eigenvalue weighted by atomic mass is 16.5. The number of nitrogens with one attached hydrogen (secondary N) is 1. The van der Waals surface area contributed by atoms with Crippen LogP contribution in [-0.2, 0) is 23.1 Å². The van der Waals surface area contributed by atoms with E-state index < -0.39 is 0 Å². The van der Waals surface area contributed by atoms with E-state index >= 15 is 0 Å². The van der Waals surface area contributed by atoms with Crippen molar-refractivity contribution in [3.8, 4) is 0 Å². The van der Waals surface area contributed by atoms with Gasteiger partial charge in [0.1, 0.15) is 11.6 Å². The van der Waals surface area contributed by atoms with E-state index in [2.05, 4.69) is 40.5 Å². The van der Waals surface area contributed by atoms with Crippen LogP contribution in [0.15, 0.2) is 30.3 Å². The van der Waals surface area contributed by atoms with Gasteiger partial charge < -0.3 is 15.0 Å². The molecule has 1 atom stereocenters. The van der Waals surface area contributed by atoms with Gasteiger partial charge in [0.25, 0.3) is 0 Å². The van der Waals surface area contributed by atoms with Crippen molar-refractivity contribution >= 4 is 5.82 Å². The zero-order valence-electron chi connectivity index (χ0n) is 18.2. The third kappa shape index (κ3) is 4.10. The second kappa shape index (κ2) is 8.64. The molecule has 2 saturated heterocycles. The molecule has 1 aliphatic carbocycles. The fourth-order valence-electron chi connectivity index (χ4n) is 5.65. The van der Waals surface area contributed by atoms with E-state index in [1.807, 2.05) is 6.92 Å². The third-order valence-corrected chi connectivity index (χ3v) is 7.36. The average molecular weight is 407 g/mol. The molecule has 0 bridgehead atoms. The van der Waals surface area contributed by atoms with Crippen molar-refractivity contribution in [2.24, 2.45) is 5.92 Å². The van der Waals surface area contributed by atoms with Gasteiger partial charge in [-0.05, 0) is 70.0 Å². The van der Waals surface area contributed by atoms with Gasteiger partial charge in [-0.2, -0.15) is 0 Å². The van der Waals surface area contributed by atoms with Crippen molar-refractivity contribution in [1.82, 2.24) is 14.9 Å². The Hall–Kier alpha value is -1.98. The Morgan fingerprint density at radius 3 is 2.73 bits per heavy atom. The lowest BCUT2D eigenvalue weighted by atomic mass is 9.76. The number of aromatic nitrogens is 2. The van der Waals surface area contributed by atoms with Crippen LogP contribution < -0.4 is 5.32 Å². The summed E-state index contributed by atoms with van der Waals surface area (Å²) in [4.78, 5) is 12.5. The molecule has 2 aliphatic heterocycles. The van der Waals surface area contributed by atoms with Crippen LogP contribution in [-0.4, -0.2) is 47.7 Å². The highest BCUT2D eigenvalue weighted by Gasteiger charge is 2.44. The molecule has 1 aromatic heterocycles. The van der Waals surface area contributed by atoms with Gasteiger partial charge in [0, 0.05) is 30.7 Å². The summed E-state index contributed by atoms with van der Waals surface area (Å²) in [7, 11) is 0. The minimum Gasteiger partial charge on any atom is -0.381 e. The number of ether oxygens (including phenoxy) is 1. The molecule has 1 N–H and O–H groups in total. The molecule has 1 unspecified atom stereocenters. The molecule has 5 rings (SSSR count). The summed E-state index contributed by atoms with van der Waals surface area (Å²) < 4.78 is 5.69. The summed E-state index contributed by atoms with van der Waals surface area (Å²) in [6.45, 7) is 8.34. The van der Waals surface area contributed by atoms with Crippen LogP contribution in [0.2, 0.25) is 0 Å². The summed E-state index contributed by atoms with van der Waals surface area (Å²) in [5, 5.41) is 3.61. The standard InChI is InChI=1S/C25H34N4O/c1-19-27-23-22(24(28-19)26-16-20-6-3-2-4-7-20)9-10-25(23)11-13-29(14-12-25)17-21-8-5-15-30-18-21/h2-4,6-7,21H,5,8-18H2,1H3,(H,26,27,28). The van der Waals surface area contributed by atoms with Gasteiger partial charge in [0.05, 0.1) is 12.3 Å². The van der Waals surface area contributed by atoms with Crippen LogP contribution in [0.5, 0.6) is 0 Å². The lowest BCUT2D eigenvalue weighted by Gasteiger charge is -2.41. The highest BCUT2D eigenvalue weighted by molar-refractivity contribution is 5.52. The minimum absolute atomic E-state index is 0.256. The van der Waals surface area contributed by atoms with E-state index in [4.69, 9.17) is 14.7 Å². The second-order valence-corrected chi connectivity index (χ2v) is 9.45. The van der Waals surface area contributed by atoms with Crippen molar-refractivity contribution < 1.29 is 4.74 Å². The molecule has 160 valence electrons. The first-order chi connectivity index (χ1) is 14.7. The molecule has 0 amide bonds. The Balaban J connectivity index is 1.28. The summed E-state index contributed by atoms with van der Waals surface area (Å²) in [6, 6.07) is 10.6. The first kappa shape index (κ1) is 20.0. The van der Waals surface area contributed by atoms with Crippen molar-refractivity contribution in [2.45, 2.75) is 57.4 Å². The summed E-state index contributed by atoms with van der Waals surface area (Å²) in [5.74, 6) is 2.68. The lowest BCUT2D eigenvalue weighted by Crippen LogP contribution is -2.44. The van der Waals surface area contributed by atoms with Gasteiger partial charge in [0.2, 0.25) is 0 Å². The zero-order chi connectivity index (χ0) is 20.4. The highest BCUT2D eigenvalue weighted by Crippen LogP contribution is 2.47. The first-order valence-electron chi connectivity index (χ1n) is 11.7. The molecule has 2 fully saturated rings. The van der Waals surface area contributed by atoms with Crippen molar-refractivity contribution in [1.29, 1.82) is 0 Å². The normalized spacial score (nSPS) is 23.4. The molecular weight excluding hydrogens is 372 g/mol. The number of fused-ring (bicyclic) bond motifs is 2. The van der Waals surface area contributed by atoms with Crippen molar-refractivity contribution in [2.75, 3.05) is 38.2 Å². The summed E-state index contributed by atoms with van der Waals surface area (Å²) in [6.07, 6.45) is 7.33. The van der Waals surface area contributed by atoms with Crippen LogP contribution in [0.3, 0.4) is 0 Å². The topological polar surface area (TPSA) is 50.3 Å². The van der Waals surface area contributed by atoms with Crippen LogP contribution in [0.4, 0.5) is 5.82 Å². The van der Waals surface area contributed by atoms with Crippen molar-refractivity contribution in [3.63, 3.8) is 0 Å². The van der Waals surface area contributed by atoms with Gasteiger partial charge in [0.15, 0.2) is 0 Å². The molecule has 5 heteroatoms. The molecule has 1 spiro atoms. The Labute approximate surface area is 180 Å². The Kier molecular flexibility index (Phi) is 5.74. The molecule has 2 aromatic rings. The number of rotatable bonds is 5. The van der Waals surface area contributed by atoms with Crippen LogP contribution in [0, 0.1) is 12.8 Å². The number of aryl methyl sites for hydroxylation is 1. The van der Waals surface area contributed by atoms with E-state index in [0.717, 1.165) is 43.7 Å². The van der Waals surface area contributed by atoms with E-state index in [1.165, 1.54) is 68.6 Å². The third-order valence-electron chi connectivity index (χ3n) is 7.36. The number of hydrogen-bond acceptors (Lipinski definition) is 5. The van der Waals surface area contributed by atoms with Gasteiger partial charge in [-0.15, -0.1) is 0 Å². The van der Waals surface area contributed by atoms with Gasteiger partial charge in [-0.25, -0.2) is 9.97 Å². The molecule has 5 nitrogen and oxygen atoms in total. The number of likely N-dealkylation sites (tertiary alicyclic amines) is 1. The number of nitrogens with zero attached hydrogens (tertiary/aromatic N) is 3. The molecular formula is C25H34N4O. The SMILES string of the molecule is Cc1nc(NCc2ccccc2)c2c(n1)C1(CC2)CCN(CC2CCCOC2)CC1. The molecule has 1 aromatic carbocycles. The average Bonchev–Trinajstić information content (AvgIpc) is 3.13. The summed E-state index contributed by atoms with van der Waals surface area (Å²) in [5.41, 5.74) is 4.25. The maximum Gasteiger partial charge on any atom is 0.133 e. The zero-order valence-corrected chi connectivity index (χ0v) is 18.2. The van der Waals surface area contributed by atoms with Crippen LogP contribution in [0.1, 0.15) is 54.7 Å². The lowest BCUT2D eigenvalue weighted by molar-refractivity contribution is 0.0304.